The lowest BCUT2D eigenvalue weighted by Gasteiger charge is -2.26. The molecule has 3 aromatic carbocycles. The number of nitrogens with zero attached hydrogens (tertiary/aromatic N) is 4. The maximum atomic E-state index is 13.2. The molecular weight excluding hydrogens is 584 g/mol. The molecular formula is C27H23ClN8O5S. The fraction of sp³-hybridized carbons (Fsp3) is 0.148. The second-order valence-corrected chi connectivity index (χ2v) is 11.7. The van der Waals surface area contributed by atoms with E-state index in [4.69, 9.17) is 16.3 Å². The molecule has 1 aliphatic rings. The van der Waals surface area contributed by atoms with Gasteiger partial charge < -0.3 is 20.4 Å². The molecule has 15 heteroatoms. The summed E-state index contributed by atoms with van der Waals surface area (Å²) in [6, 6.07) is 17.6. The predicted octanol–water partition coefficient (Wildman–Crippen LogP) is 3.53. The number of carbonyl (C=O) groups excluding carboxylic acids is 2. The molecule has 3 heterocycles. The van der Waals surface area contributed by atoms with Crippen LogP contribution in [-0.2, 0) is 14.8 Å². The summed E-state index contributed by atoms with van der Waals surface area (Å²) in [4.78, 5) is 29.5. The van der Waals surface area contributed by atoms with Gasteiger partial charge in [-0.1, -0.05) is 29.8 Å². The van der Waals surface area contributed by atoms with Crippen LogP contribution < -0.4 is 10.6 Å². The van der Waals surface area contributed by atoms with E-state index in [0.717, 1.165) is 0 Å². The van der Waals surface area contributed by atoms with Crippen molar-refractivity contribution in [2.24, 2.45) is 0 Å². The van der Waals surface area contributed by atoms with Crippen LogP contribution in [0.15, 0.2) is 71.6 Å². The number of morpholine rings is 1. The number of hydrogen-bond acceptors (Lipinski definition) is 8. The standard InChI is InChI=1S/C27H23ClN8O5S/c28-18-7-8-21(20(15-18)25-32-34-35-33-25)30-27(38)23-14-16-3-2-6-22(24(16)29-23)31-26(37)17-4-1-5-19(13-17)42(39,40)36-9-11-41-12-10-36/h1-8,13-15,29H,9-12H2,(H,30,38)(H,31,37)(H,32,33,34,35). The number of anilines is 2. The molecule has 2 aromatic heterocycles. The molecule has 1 aliphatic heterocycles. The number of fused-ring (bicyclic) bond motifs is 1. The first-order valence-corrected chi connectivity index (χ1v) is 14.6. The quantitative estimate of drug-likeness (QED) is 0.217. The Bertz CT molecular complexity index is 1900. The number of para-hydroxylation sites is 1. The summed E-state index contributed by atoms with van der Waals surface area (Å²) in [7, 11) is -3.78. The van der Waals surface area contributed by atoms with E-state index < -0.39 is 21.8 Å². The number of benzene rings is 3. The average Bonchev–Trinajstić information content (AvgIpc) is 3.70. The second-order valence-electron chi connectivity index (χ2n) is 9.33. The Hall–Kier alpha value is -4.63. The van der Waals surface area contributed by atoms with E-state index in [-0.39, 0.29) is 35.1 Å². The van der Waals surface area contributed by atoms with Crippen LogP contribution in [0, 0.1) is 0 Å². The van der Waals surface area contributed by atoms with Crippen molar-refractivity contribution in [1.29, 1.82) is 0 Å². The van der Waals surface area contributed by atoms with Gasteiger partial charge >= 0.3 is 0 Å². The van der Waals surface area contributed by atoms with Gasteiger partial charge in [-0.15, -0.1) is 10.2 Å². The van der Waals surface area contributed by atoms with Crippen LogP contribution in [0.5, 0.6) is 0 Å². The number of halogens is 1. The summed E-state index contributed by atoms with van der Waals surface area (Å²) in [6.07, 6.45) is 0. The minimum atomic E-state index is -3.78. The van der Waals surface area contributed by atoms with Crippen molar-refractivity contribution in [2.45, 2.75) is 4.90 Å². The molecule has 5 aromatic rings. The fourth-order valence-electron chi connectivity index (χ4n) is 4.59. The van der Waals surface area contributed by atoms with E-state index >= 15 is 0 Å². The zero-order valence-electron chi connectivity index (χ0n) is 21.8. The number of aromatic amines is 2. The third kappa shape index (κ3) is 5.47. The zero-order chi connectivity index (χ0) is 29.3. The second kappa shape index (κ2) is 11.3. The van der Waals surface area contributed by atoms with E-state index in [9.17, 15) is 18.0 Å². The summed E-state index contributed by atoms with van der Waals surface area (Å²) < 4.78 is 32.7. The van der Waals surface area contributed by atoms with Crippen LogP contribution in [0.3, 0.4) is 0 Å². The first kappa shape index (κ1) is 27.5. The zero-order valence-corrected chi connectivity index (χ0v) is 23.4. The van der Waals surface area contributed by atoms with Gasteiger partial charge in [0.25, 0.3) is 11.8 Å². The number of tetrazole rings is 1. The third-order valence-corrected chi connectivity index (χ3v) is 8.80. The van der Waals surface area contributed by atoms with Gasteiger partial charge in [-0.2, -0.15) is 9.52 Å². The van der Waals surface area contributed by atoms with Crippen molar-refractivity contribution in [3.8, 4) is 11.4 Å². The lowest BCUT2D eigenvalue weighted by Crippen LogP contribution is -2.40. The predicted molar refractivity (Wildman–Crippen MR) is 155 cm³/mol. The summed E-state index contributed by atoms with van der Waals surface area (Å²) in [5.74, 6) is -0.694. The van der Waals surface area contributed by atoms with E-state index in [2.05, 4.69) is 36.2 Å². The largest absolute Gasteiger partial charge is 0.379 e. The van der Waals surface area contributed by atoms with Crippen LogP contribution in [-0.4, -0.2) is 76.4 Å². The number of hydrogen-bond donors (Lipinski definition) is 4. The number of H-pyrrole nitrogens is 2. The van der Waals surface area contributed by atoms with Crippen LogP contribution in [0.4, 0.5) is 11.4 Å². The molecule has 0 aliphatic carbocycles. The lowest BCUT2D eigenvalue weighted by molar-refractivity contribution is 0.0730. The Kier molecular flexibility index (Phi) is 7.43. The summed E-state index contributed by atoms with van der Waals surface area (Å²) in [5, 5.41) is 20.6. The SMILES string of the molecule is O=C(Nc1cccc2cc(C(=O)Nc3ccc(Cl)cc3-c3nn[nH]n3)[nH]c12)c1cccc(S(=O)(=O)N2CCOCC2)c1. The van der Waals surface area contributed by atoms with Gasteiger partial charge in [-0.3, -0.25) is 9.59 Å². The van der Waals surface area contributed by atoms with Crippen molar-refractivity contribution in [2.75, 3.05) is 36.9 Å². The minimum absolute atomic E-state index is 0.0245. The van der Waals surface area contributed by atoms with Crippen LogP contribution in [0.2, 0.25) is 5.02 Å². The average molecular weight is 607 g/mol. The molecule has 0 spiro atoms. The summed E-state index contributed by atoms with van der Waals surface area (Å²) >= 11 is 6.13. The highest BCUT2D eigenvalue weighted by molar-refractivity contribution is 7.89. The van der Waals surface area contributed by atoms with E-state index in [1.165, 1.54) is 28.6 Å². The summed E-state index contributed by atoms with van der Waals surface area (Å²) in [6.45, 7) is 1.14. The molecule has 13 nitrogen and oxygen atoms in total. The Morgan fingerprint density at radius 1 is 0.929 bits per heavy atom. The number of amides is 2. The molecule has 0 saturated carbocycles. The monoisotopic (exact) mass is 606 g/mol. The number of carbonyl (C=O) groups is 2. The minimum Gasteiger partial charge on any atom is -0.379 e. The number of aromatic nitrogens is 5. The van der Waals surface area contributed by atoms with Gasteiger partial charge in [0, 0.05) is 34.6 Å². The molecule has 2 amide bonds. The highest BCUT2D eigenvalue weighted by atomic mass is 35.5. The van der Waals surface area contributed by atoms with E-state index in [1.807, 2.05) is 0 Å². The Balaban J connectivity index is 1.23. The third-order valence-electron chi connectivity index (χ3n) is 6.67. The topological polar surface area (TPSA) is 175 Å². The Labute approximate surface area is 244 Å². The molecule has 214 valence electrons. The van der Waals surface area contributed by atoms with Crippen LogP contribution in [0.1, 0.15) is 20.8 Å². The van der Waals surface area contributed by atoms with Gasteiger partial charge in [-0.25, -0.2) is 8.42 Å². The summed E-state index contributed by atoms with van der Waals surface area (Å²) in [5.41, 5.74) is 2.23. The van der Waals surface area contributed by atoms with Gasteiger partial charge in [0.05, 0.1) is 35.0 Å². The first-order chi connectivity index (χ1) is 20.3. The van der Waals surface area contributed by atoms with Crippen LogP contribution >= 0.6 is 11.6 Å². The molecule has 1 saturated heterocycles. The molecule has 42 heavy (non-hydrogen) atoms. The van der Waals surface area contributed by atoms with Crippen molar-refractivity contribution >= 4 is 55.7 Å². The maximum absolute atomic E-state index is 13.2. The lowest BCUT2D eigenvalue weighted by atomic mass is 10.1. The molecule has 1 fully saturated rings. The normalized spacial score (nSPS) is 14.1. The highest BCUT2D eigenvalue weighted by Crippen LogP contribution is 2.30. The number of nitrogens with one attached hydrogen (secondary N) is 4. The van der Waals surface area contributed by atoms with E-state index in [1.54, 1.807) is 42.5 Å². The van der Waals surface area contributed by atoms with Gasteiger partial charge in [-0.05, 0) is 53.7 Å². The molecule has 0 unspecified atom stereocenters. The molecule has 0 radical (unpaired) electrons. The Morgan fingerprint density at radius 3 is 2.50 bits per heavy atom. The van der Waals surface area contributed by atoms with Crippen molar-refractivity contribution < 1.29 is 22.7 Å². The van der Waals surface area contributed by atoms with E-state index in [0.29, 0.717) is 46.1 Å². The van der Waals surface area contributed by atoms with Crippen molar-refractivity contribution in [3.05, 3.63) is 83.0 Å². The number of rotatable bonds is 7. The first-order valence-electron chi connectivity index (χ1n) is 12.8. The number of ether oxygens (including phenoxy) is 1. The fourth-order valence-corrected chi connectivity index (χ4v) is 6.21. The van der Waals surface area contributed by atoms with Crippen molar-refractivity contribution in [1.82, 2.24) is 29.9 Å². The van der Waals surface area contributed by atoms with Crippen molar-refractivity contribution in [3.63, 3.8) is 0 Å². The van der Waals surface area contributed by atoms with Gasteiger partial charge in [0.15, 0.2) is 0 Å². The Morgan fingerprint density at radius 2 is 1.71 bits per heavy atom. The van der Waals surface area contributed by atoms with Gasteiger partial charge in [0.1, 0.15) is 5.69 Å². The molecule has 6 rings (SSSR count). The van der Waals surface area contributed by atoms with Crippen LogP contribution in [0.25, 0.3) is 22.3 Å². The van der Waals surface area contributed by atoms with Gasteiger partial charge in [0.2, 0.25) is 15.8 Å². The molecule has 0 atom stereocenters. The maximum Gasteiger partial charge on any atom is 0.272 e. The number of sulfonamides is 1. The highest BCUT2D eigenvalue weighted by Gasteiger charge is 2.27. The molecule has 4 N–H and O–H groups in total. The molecule has 0 bridgehead atoms. The smallest absolute Gasteiger partial charge is 0.272 e.